The molecule has 0 aliphatic carbocycles. The molecule has 1 saturated heterocycles. The molecular weight excluding hydrogens is 321 g/mol. The quantitative estimate of drug-likeness (QED) is 0.931. The molecule has 0 bridgehead atoms. The van der Waals surface area contributed by atoms with Crippen LogP contribution in [-0.2, 0) is 16.1 Å². The summed E-state index contributed by atoms with van der Waals surface area (Å²) in [6.07, 6.45) is 1.10. The van der Waals surface area contributed by atoms with E-state index in [2.05, 4.69) is 0 Å². The second-order valence-corrected chi connectivity index (χ2v) is 6.50. The molecule has 0 radical (unpaired) electrons. The van der Waals surface area contributed by atoms with Crippen molar-refractivity contribution in [1.82, 2.24) is 4.90 Å². The average molecular weight is 337 g/mol. The highest BCUT2D eigenvalue weighted by molar-refractivity contribution is 7.21. The van der Waals surface area contributed by atoms with Gasteiger partial charge in [0.25, 0.3) is 5.91 Å². The predicted molar refractivity (Wildman–Crippen MR) is 84.2 cm³/mol. The summed E-state index contributed by atoms with van der Waals surface area (Å²) in [5.74, 6) is -1.76. The fourth-order valence-electron chi connectivity index (χ4n) is 3.02. The largest absolute Gasteiger partial charge is 0.480 e. The first-order valence-electron chi connectivity index (χ1n) is 7.27. The number of amides is 1. The van der Waals surface area contributed by atoms with Gasteiger partial charge in [0.15, 0.2) is 0 Å². The minimum atomic E-state index is -1.00. The van der Waals surface area contributed by atoms with E-state index in [4.69, 9.17) is 4.74 Å². The normalized spacial score (nSPS) is 17.8. The topological polar surface area (TPSA) is 66.8 Å². The van der Waals surface area contributed by atoms with Crippen LogP contribution in [0.1, 0.15) is 28.1 Å². The van der Waals surface area contributed by atoms with E-state index in [0.717, 1.165) is 0 Å². The van der Waals surface area contributed by atoms with Crippen LogP contribution in [0.5, 0.6) is 0 Å². The SMILES string of the molecule is COCc1c(C(=O)N2CCCC2C(=O)O)sc2cccc(F)c12. The molecule has 5 nitrogen and oxygen atoms in total. The Morgan fingerprint density at radius 3 is 2.96 bits per heavy atom. The van der Waals surface area contributed by atoms with Crippen molar-refractivity contribution in [1.29, 1.82) is 0 Å². The summed E-state index contributed by atoms with van der Waals surface area (Å²) in [7, 11) is 1.48. The molecule has 1 amide bonds. The van der Waals surface area contributed by atoms with E-state index in [9.17, 15) is 19.1 Å². The minimum absolute atomic E-state index is 0.105. The Labute approximate surface area is 136 Å². The number of carboxylic acid groups (broad SMARTS) is 1. The van der Waals surface area contributed by atoms with Gasteiger partial charge in [-0.05, 0) is 25.0 Å². The van der Waals surface area contributed by atoms with Crippen LogP contribution in [0, 0.1) is 5.82 Å². The first-order chi connectivity index (χ1) is 11.0. The number of carbonyl (C=O) groups is 2. The molecular formula is C16H16FNO4S. The van der Waals surface area contributed by atoms with Crippen molar-refractivity contribution < 1.29 is 23.8 Å². The molecule has 1 aliphatic heterocycles. The monoisotopic (exact) mass is 337 g/mol. The summed E-state index contributed by atoms with van der Waals surface area (Å²) < 4.78 is 19.9. The van der Waals surface area contributed by atoms with Gasteiger partial charge < -0.3 is 14.7 Å². The summed E-state index contributed by atoms with van der Waals surface area (Å²) in [5.41, 5.74) is 0.492. The van der Waals surface area contributed by atoms with E-state index in [1.165, 1.54) is 29.4 Å². The number of rotatable bonds is 4. The van der Waals surface area contributed by atoms with Gasteiger partial charge in [-0.1, -0.05) is 6.07 Å². The van der Waals surface area contributed by atoms with Crippen molar-refractivity contribution in [3.8, 4) is 0 Å². The number of carboxylic acids is 1. The van der Waals surface area contributed by atoms with Crippen LogP contribution in [0.2, 0.25) is 0 Å². The molecule has 2 aromatic rings. The molecule has 3 rings (SSSR count). The van der Waals surface area contributed by atoms with Gasteiger partial charge in [-0.2, -0.15) is 0 Å². The Hall–Kier alpha value is -1.99. The van der Waals surface area contributed by atoms with E-state index in [1.807, 2.05) is 0 Å². The number of carbonyl (C=O) groups excluding carboxylic acids is 1. The summed E-state index contributed by atoms with van der Waals surface area (Å²) in [6, 6.07) is 3.87. The number of aliphatic carboxylic acids is 1. The molecule has 7 heteroatoms. The maximum Gasteiger partial charge on any atom is 0.326 e. The van der Waals surface area contributed by atoms with Crippen molar-refractivity contribution >= 4 is 33.3 Å². The van der Waals surface area contributed by atoms with E-state index in [1.54, 1.807) is 12.1 Å². The number of nitrogens with zero attached hydrogens (tertiary/aromatic N) is 1. The number of fused-ring (bicyclic) bond motifs is 1. The van der Waals surface area contributed by atoms with Crippen LogP contribution < -0.4 is 0 Å². The molecule has 1 N–H and O–H groups in total. The van der Waals surface area contributed by atoms with Crippen molar-refractivity contribution in [3.05, 3.63) is 34.5 Å². The number of ether oxygens (including phenoxy) is 1. The standard InChI is InChI=1S/C16H16FNO4S/c1-22-8-9-13-10(17)4-2-6-12(13)23-14(9)15(19)18-7-3-5-11(18)16(20)21/h2,4,6,11H,3,5,7-8H2,1H3,(H,20,21). The van der Waals surface area contributed by atoms with Gasteiger partial charge in [0, 0.05) is 29.3 Å². The van der Waals surface area contributed by atoms with Crippen LogP contribution in [0.3, 0.4) is 0 Å². The van der Waals surface area contributed by atoms with Crippen LogP contribution in [-0.4, -0.2) is 41.6 Å². The van der Waals surface area contributed by atoms with Crippen molar-refractivity contribution in [3.63, 3.8) is 0 Å². The van der Waals surface area contributed by atoms with Gasteiger partial charge in [-0.3, -0.25) is 4.79 Å². The highest BCUT2D eigenvalue weighted by Gasteiger charge is 2.36. The van der Waals surface area contributed by atoms with Gasteiger partial charge in [0.2, 0.25) is 0 Å². The molecule has 1 fully saturated rings. The zero-order chi connectivity index (χ0) is 16.6. The van der Waals surface area contributed by atoms with Crippen LogP contribution in [0.15, 0.2) is 18.2 Å². The maximum atomic E-state index is 14.2. The number of hydrogen-bond donors (Lipinski definition) is 1. The zero-order valence-corrected chi connectivity index (χ0v) is 13.4. The third kappa shape index (κ3) is 2.70. The molecule has 1 aliphatic rings. The van der Waals surface area contributed by atoms with Crippen molar-refractivity contribution in [2.75, 3.05) is 13.7 Å². The van der Waals surface area contributed by atoms with Crippen LogP contribution in [0.4, 0.5) is 4.39 Å². The third-order valence-corrected chi connectivity index (χ3v) is 5.23. The van der Waals surface area contributed by atoms with Crippen LogP contribution in [0.25, 0.3) is 10.1 Å². The number of likely N-dealkylation sites (tertiary alicyclic amines) is 1. The minimum Gasteiger partial charge on any atom is -0.480 e. The van der Waals surface area contributed by atoms with E-state index >= 15 is 0 Å². The molecule has 23 heavy (non-hydrogen) atoms. The van der Waals surface area contributed by atoms with Crippen molar-refractivity contribution in [2.24, 2.45) is 0 Å². The highest BCUT2D eigenvalue weighted by Crippen LogP contribution is 2.35. The molecule has 0 spiro atoms. The molecule has 1 aromatic heterocycles. The summed E-state index contributed by atoms with van der Waals surface area (Å²) >= 11 is 1.18. The smallest absolute Gasteiger partial charge is 0.326 e. The predicted octanol–water partition coefficient (Wildman–Crippen LogP) is 2.88. The molecule has 1 aromatic carbocycles. The lowest BCUT2D eigenvalue weighted by atomic mass is 10.1. The van der Waals surface area contributed by atoms with Gasteiger partial charge in [0.1, 0.15) is 11.9 Å². The number of thiophene rings is 1. The van der Waals surface area contributed by atoms with Gasteiger partial charge in [-0.25, -0.2) is 9.18 Å². The maximum absolute atomic E-state index is 14.2. The molecule has 0 saturated carbocycles. The summed E-state index contributed by atoms with van der Waals surface area (Å²) in [4.78, 5) is 25.9. The van der Waals surface area contributed by atoms with E-state index in [0.29, 0.717) is 39.9 Å². The highest BCUT2D eigenvalue weighted by atomic mass is 32.1. The Morgan fingerprint density at radius 2 is 2.26 bits per heavy atom. The van der Waals surface area contributed by atoms with Crippen molar-refractivity contribution in [2.45, 2.75) is 25.5 Å². The number of halogens is 1. The lowest BCUT2D eigenvalue weighted by Crippen LogP contribution is -2.40. The van der Waals surface area contributed by atoms with Crippen LogP contribution >= 0.6 is 11.3 Å². The van der Waals surface area contributed by atoms with E-state index in [-0.39, 0.29) is 12.5 Å². The Balaban J connectivity index is 2.08. The summed E-state index contributed by atoms with van der Waals surface area (Å²) in [5, 5.41) is 9.64. The fraction of sp³-hybridized carbons (Fsp3) is 0.375. The Bertz CT molecular complexity index is 773. The molecule has 1 atom stereocenters. The van der Waals surface area contributed by atoms with Gasteiger partial charge in [0.05, 0.1) is 11.5 Å². The lowest BCUT2D eigenvalue weighted by molar-refractivity contribution is -0.141. The van der Waals surface area contributed by atoms with Gasteiger partial charge >= 0.3 is 5.97 Å². The average Bonchev–Trinajstić information content (AvgIpc) is 3.13. The number of methoxy groups -OCH3 is 1. The Morgan fingerprint density at radius 1 is 1.48 bits per heavy atom. The molecule has 1 unspecified atom stereocenters. The molecule has 2 heterocycles. The fourth-order valence-corrected chi connectivity index (χ4v) is 4.20. The first-order valence-corrected chi connectivity index (χ1v) is 8.09. The number of benzene rings is 1. The lowest BCUT2D eigenvalue weighted by Gasteiger charge is -2.21. The summed E-state index contributed by atoms with van der Waals surface area (Å²) in [6.45, 7) is 0.506. The van der Waals surface area contributed by atoms with Gasteiger partial charge in [-0.15, -0.1) is 11.3 Å². The van der Waals surface area contributed by atoms with E-state index < -0.39 is 17.8 Å². The number of hydrogen-bond acceptors (Lipinski definition) is 4. The zero-order valence-electron chi connectivity index (χ0n) is 12.5. The second-order valence-electron chi connectivity index (χ2n) is 5.45. The Kier molecular flexibility index (Phi) is 4.32. The third-order valence-electron chi connectivity index (χ3n) is 4.04. The molecule has 122 valence electrons. The second kappa shape index (κ2) is 6.25. The first kappa shape index (κ1) is 15.9.